The molecule has 1 aromatic rings. The summed E-state index contributed by atoms with van der Waals surface area (Å²) in [7, 11) is 1.99. The largest absolute Gasteiger partial charge is 0.368 e. The molecule has 94 valence electrons. The lowest BCUT2D eigenvalue weighted by Crippen LogP contribution is -2.41. The third-order valence-electron chi connectivity index (χ3n) is 3.67. The third-order valence-corrected chi connectivity index (χ3v) is 3.67. The van der Waals surface area contributed by atoms with E-state index in [0.717, 1.165) is 12.5 Å². The molecule has 0 saturated carbocycles. The van der Waals surface area contributed by atoms with Crippen LogP contribution in [0.2, 0.25) is 0 Å². The van der Waals surface area contributed by atoms with Crippen molar-refractivity contribution in [2.24, 2.45) is 5.92 Å². The van der Waals surface area contributed by atoms with Crippen LogP contribution in [0.1, 0.15) is 32.3 Å². The summed E-state index contributed by atoms with van der Waals surface area (Å²) in [6.45, 7) is 6.73. The highest BCUT2D eigenvalue weighted by Gasteiger charge is 2.24. The maximum Gasteiger partial charge on any atom is 0.0445 e. The maximum atomic E-state index is 4.24. The summed E-state index contributed by atoms with van der Waals surface area (Å²) in [6, 6.07) is 2.80. The quantitative estimate of drug-likeness (QED) is 0.869. The van der Waals surface area contributed by atoms with Crippen molar-refractivity contribution in [3.05, 3.63) is 24.0 Å². The summed E-state index contributed by atoms with van der Waals surface area (Å²) in [5, 5.41) is 3.22. The van der Waals surface area contributed by atoms with E-state index in [2.05, 4.69) is 35.1 Å². The van der Waals surface area contributed by atoms with Gasteiger partial charge in [0.2, 0.25) is 0 Å². The van der Waals surface area contributed by atoms with Gasteiger partial charge in [-0.3, -0.25) is 4.98 Å². The first-order chi connectivity index (χ1) is 8.22. The SMILES string of the molecule is CNCc1cnccc1N1CC(C)CCC1C. The number of piperidine rings is 1. The van der Waals surface area contributed by atoms with Crippen LogP contribution in [0.5, 0.6) is 0 Å². The van der Waals surface area contributed by atoms with Gasteiger partial charge in [-0.25, -0.2) is 0 Å². The van der Waals surface area contributed by atoms with E-state index in [1.165, 1.54) is 30.6 Å². The molecule has 1 N–H and O–H groups in total. The van der Waals surface area contributed by atoms with Crippen LogP contribution in [0.3, 0.4) is 0 Å². The molecule has 0 bridgehead atoms. The second-order valence-electron chi connectivity index (χ2n) is 5.22. The second kappa shape index (κ2) is 5.50. The molecule has 2 rings (SSSR count). The normalized spacial score (nSPS) is 25.0. The first-order valence-electron chi connectivity index (χ1n) is 6.56. The summed E-state index contributed by atoms with van der Waals surface area (Å²) in [6.07, 6.45) is 6.53. The van der Waals surface area contributed by atoms with Crippen LogP contribution >= 0.6 is 0 Å². The smallest absolute Gasteiger partial charge is 0.0445 e. The number of pyridine rings is 1. The van der Waals surface area contributed by atoms with Crippen LogP contribution in [-0.2, 0) is 6.54 Å². The van der Waals surface area contributed by atoms with Crippen LogP contribution in [0.4, 0.5) is 5.69 Å². The van der Waals surface area contributed by atoms with Crippen LogP contribution in [0, 0.1) is 5.92 Å². The van der Waals surface area contributed by atoms with Gasteiger partial charge in [0.1, 0.15) is 0 Å². The Morgan fingerprint density at radius 3 is 3.00 bits per heavy atom. The van der Waals surface area contributed by atoms with Crippen LogP contribution < -0.4 is 10.2 Å². The summed E-state index contributed by atoms with van der Waals surface area (Å²) in [4.78, 5) is 6.78. The van der Waals surface area contributed by atoms with Gasteiger partial charge in [-0.2, -0.15) is 0 Å². The van der Waals surface area contributed by atoms with Crippen molar-refractivity contribution in [3.8, 4) is 0 Å². The Kier molecular flexibility index (Phi) is 4.00. The number of hydrogen-bond donors (Lipinski definition) is 1. The fourth-order valence-electron chi connectivity index (χ4n) is 2.65. The van der Waals surface area contributed by atoms with Gasteiger partial charge < -0.3 is 10.2 Å². The zero-order valence-corrected chi connectivity index (χ0v) is 11.1. The predicted molar refractivity (Wildman–Crippen MR) is 72.2 cm³/mol. The summed E-state index contributed by atoms with van der Waals surface area (Å²) >= 11 is 0. The van der Waals surface area contributed by atoms with Crippen molar-refractivity contribution in [3.63, 3.8) is 0 Å². The lowest BCUT2D eigenvalue weighted by molar-refractivity contribution is 0.389. The molecule has 0 aliphatic carbocycles. The van der Waals surface area contributed by atoms with Crippen molar-refractivity contribution in [2.75, 3.05) is 18.5 Å². The van der Waals surface area contributed by atoms with Crippen molar-refractivity contribution >= 4 is 5.69 Å². The molecule has 1 saturated heterocycles. The average molecular weight is 233 g/mol. The number of anilines is 1. The average Bonchev–Trinajstić information content (AvgIpc) is 2.34. The first-order valence-corrected chi connectivity index (χ1v) is 6.56. The first kappa shape index (κ1) is 12.4. The fourth-order valence-corrected chi connectivity index (χ4v) is 2.65. The van der Waals surface area contributed by atoms with Crippen molar-refractivity contribution < 1.29 is 0 Å². The summed E-state index contributed by atoms with van der Waals surface area (Å²) < 4.78 is 0. The van der Waals surface area contributed by atoms with Crippen molar-refractivity contribution in [1.82, 2.24) is 10.3 Å². The molecular weight excluding hydrogens is 210 g/mol. The Labute approximate surface area is 104 Å². The van der Waals surface area contributed by atoms with Crippen molar-refractivity contribution in [1.29, 1.82) is 0 Å². The Hall–Kier alpha value is -1.09. The maximum absolute atomic E-state index is 4.24. The van der Waals surface area contributed by atoms with Gasteiger partial charge in [0.25, 0.3) is 0 Å². The molecule has 2 heterocycles. The standard InChI is InChI=1S/C14H23N3/c1-11-4-5-12(2)17(10-11)14-6-7-16-9-13(14)8-15-3/h6-7,9,11-12,15H,4-5,8,10H2,1-3H3. The molecule has 3 nitrogen and oxygen atoms in total. The van der Waals surface area contributed by atoms with Gasteiger partial charge in [-0.05, 0) is 38.8 Å². The van der Waals surface area contributed by atoms with E-state index >= 15 is 0 Å². The molecular formula is C14H23N3. The fraction of sp³-hybridized carbons (Fsp3) is 0.643. The summed E-state index contributed by atoms with van der Waals surface area (Å²) in [5.74, 6) is 0.793. The van der Waals surface area contributed by atoms with Gasteiger partial charge in [0.05, 0.1) is 0 Å². The molecule has 1 aliphatic rings. The van der Waals surface area contributed by atoms with Gasteiger partial charge in [-0.1, -0.05) is 6.92 Å². The van der Waals surface area contributed by atoms with E-state index in [0.29, 0.717) is 6.04 Å². The zero-order valence-electron chi connectivity index (χ0n) is 11.1. The lowest BCUT2D eigenvalue weighted by atomic mass is 9.94. The molecule has 3 heteroatoms. The molecule has 1 aliphatic heterocycles. The van der Waals surface area contributed by atoms with E-state index in [1.54, 1.807) is 0 Å². The van der Waals surface area contributed by atoms with E-state index in [4.69, 9.17) is 0 Å². The monoisotopic (exact) mass is 233 g/mol. The topological polar surface area (TPSA) is 28.2 Å². The molecule has 1 aromatic heterocycles. The lowest BCUT2D eigenvalue weighted by Gasteiger charge is -2.39. The molecule has 2 unspecified atom stereocenters. The van der Waals surface area contributed by atoms with Gasteiger partial charge in [0, 0.05) is 42.8 Å². The summed E-state index contributed by atoms with van der Waals surface area (Å²) in [5.41, 5.74) is 2.66. The Bertz CT molecular complexity index is 364. The molecule has 0 aromatic carbocycles. The predicted octanol–water partition coefficient (Wildman–Crippen LogP) is 2.43. The van der Waals surface area contributed by atoms with Crippen LogP contribution in [0.25, 0.3) is 0 Å². The molecule has 0 spiro atoms. The van der Waals surface area contributed by atoms with Crippen molar-refractivity contribution in [2.45, 2.75) is 39.3 Å². The second-order valence-corrected chi connectivity index (χ2v) is 5.22. The van der Waals surface area contributed by atoms with Crippen LogP contribution in [0.15, 0.2) is 18.5 Å². The highest BCUT2D eigenvalue weighted by molar-refractivity contribution is 5.53. The van der Waals surface area contributed by atoms with Crippen LogP contribution in [-0.4, -0.2) is 24.6 Å². The number of nitrogens with zero attached hydrogens (tertiary/aromatic N) is 2. The molecule has 0 amide bonds. The molecule has 1 fully saturated rings. The highest BCUT2D eigenvalue weighted by Crippen LogP contribution is 2.29. The van der Waals surface area contributed by atoms with Gasteiger partial charge in [0.15, 0.2) is 0 Å². The molecule has 17 heavy (non-hydrogen) atoms. The minimum atomic E-state index is 0.643. The Morgan fingerprint density at radius 2 is 2.24 bits per heavy atom. The van der Waals surface area contributed by atoms with Gasteiger partial charge >= 0.3 is 0 Å². The number of nitrogens with one attached hydrogen (secondary N) is 1. The number of aromatic nitrogens is 1. The van der Waals surface area contributed by atoms with E-state index in [-0.39, 0.29) is 0 Å². The Morgan fingerprint density at radius 1 is 1.41 bits per heavy atom. The number of rotatable bonds is 3. The van der Waals surface area contributed by atoms with Gasteiger partial charge in [-0.15, -0.1) is 0 Å². The molecule has 2 atom stereocenters. The molecule has 0 radical (unpaired) electrons. The minimum absolute atomic E-state index is 0.643. The zero-order chi connectivity index (χ0) is 12.3. The minimum Gasteiger partial charge on any atom is -0.368 e. The Balaban J connectivity index is 2.25. The number of hydrogen-bond acceptors (Lipinski definition) is 3. The van der Waals surface area contributed by atoms with E-state index in [1.807, 2.05) is 19.4 Å². The van der Waals surface area contributed by atoms with E-state index < -0.39 is 0 Å². The highest BCUT2D eigenvalue weighted by atomic mass is 15.2. The third kappa shape index (κ3) is 2.78. The van der Waals surface area contributed by atoms with E-state index in [9.17, 15) is 0 Å².